The first-order valence-electron chi connectivity index (χ1n) is 11.9. The highest BCUT2D eigenvalue weighted by molar-refractivity contribution is 5.63. The van der Waals surface area contributed by atoms with Gasteiger partial charge in [-0.1, -0.05) is 31.7 Å². The minimum absolute atomic E-state index is 0. The molecule has 0 spiro atoms. The summed E-state index contributed by atoms with van der Waals surface area (Å²) in [7, 11) is 0. The third-order valence-electron chi connectivity index (χ3n) is 5.63. The highest BCUT2D eigenvalue weighted by Crippen LogP contribution is 2.34. The van der Waals surface area contributed by atoms with Crippen molar-refractivity contribution in [1.29, 1.82) is 0 Å². The predicted octanol–water partition coefficient (Wildman–Crippen LogP) is 5.52. The van der Waals surface area contributed by atoms with E-state index >= 15 is 0 Å². The number of hydrogen-bond acceptors (Lipinski definition) is 0. The van der Waals surface area contributed by atoms with E-state index in [0.29, 0.717) is 6.04 Å². The highest BCUT2D eigenvalue weighted by Gasteiger charge is 2.42. The van der Waals surface area contributed by atoms with Crippen molar-refractivity contribution in [2.45, 2.75) is 60.9 Å². The monoisotopic (exact) mass is 341 g/mol. The van der Waals surface area contributed by atoms with E-state index in [4.69, 9.17) is 10.3 Å². The third kappa shape index (κ3) is 1.92. The zero-order chi connectivity index (χ0) is 23.4. The van der Waals surface area contributed by atoms with Gasteiger partial charge in [-0.25, -0.2) is 4.57 Å². The van der Waals surface area contributed by atoms with Crippen LogP contribution in [0.3, 0.4) is 0 Å². The van der Waals surface area contributed by atoms with Crippen molar-refractivity contribution in [3.63, 3.8) is 0 Å². The third-order valence-corrected chi connectivity index (χ3v) is 5.63. The molecule has 2 heteroatoms. The van der Waals surface area contributed by atoms with Gasteiger partial charge in [0.2, 0.25) is 0 Å². The van der Waals surface area contributed by atoms with E-state index in [1.807, 2.05) is 0 Å². The zero-order valence-corrected chi connectivity index (χ0v) is 14.9. The van der Waals surface area contributed by atoms with Gasteiger partial charge in [0.05, 0.1) is 1.37 Å². The number of fused-ring (bicyclic) bond motifs is 4. The highest BCUT2D eigenvalue weighted by atomic mass is 15.2. The van der Waals surface area contributed by atoms with Crippen molar-refractivity contribution < 1.29 is 14.8 Å². The maximum Gasteiger partial charge on any atom is 0.259 e. The van der Waals surface area contributed by atoms with E-state index in [-0.39, 0.29) is 13.0 Å². The lowest BCUT2D eigenvalue weighted by Crippen LogP contribution is -2.59. The van der Waals surface area contributed by atoms with Gasteiger partial charge >= 0.3 is 0 Å². The lowest BCUT2D eigenvalue weighted by molar-refractivity contribution is -0.759. The fraction of sp³-hybridized carbons (Fsp3) is 0.409. The Kier molecular flexibility index (Phi) is 2.67. The molecule has 24 heavy (non-hydrogen) atoms. The molecule has 0 radical (unpaired) electrons. The fourth-order valence-electron chi connectivity index (χ4n) is 4.56. The Balaban J connectivity index is 0.00000119. The van der Waals surface area contributed by atoms with Crippen LogP contribution in [0, 0.1) is 27.7 Å². The minimum Gasteiger partial charge on any atom is -0.221 e. The average molecular weight is 342 g/mol. The summed E-state index contributed by atoms with van der Waals surface area (Å²) in [5, 5.41) is 0. The molecule has 0 saturated carbocycles. The van der Waals surface area contributed by atoms with E-state index in [1.165, 1.54) is 33.7 Å². The molecule has 132 valence electrons. The zero-order valence-electron chi connectivity index (χ0n) is 21.9. The number of hydrogen-bond donors (Lipinski definition) is 0. The molecule has 0 N–H and O–H groups in total. The summed E-state index contributed by atoms with van der Waals surface area (Å²) in [6, 6.07) is 9.45. The molecule has 1 aliphatic heterocycles. The molecule has 0 bridgehead atoms. The maximum atomic E-state index is 8.47. The lowest BCUT2D eigenvalue weighted by Gasteiger charge is -2.31. The molecule has 2 aromatic heterocycles. The van der Waals surface area contributed by atoms with Gasteiger partial charge in [-0.15, -0.1) is 0 Å². The second-order valence-electron chi connectivity index (χ2n) is 7.37. The van der Waals surface area contributed by atoms with Crippen LogP contribution in [0.2, 0.25) is 0 Å². The Labute approximate surface area is 156 Å². The standard InChI is InChI=1S/C21H25N2.CH4.3H2/c1-13-11-14(2)22-16(4)23-19(20(22)15(13)3)12-17-9-7-8-10-18(17)21(23,5)6;;;;/h7-11H,12H2,1-6H3;1H4;3*1H/q+1;;;;/i11T;;3*1+2T. The van der Waals surface area contributed by atoms with Gasteiger partial charge in [0.1, 0.15) is 11.2 Å². The first-order valence-corrected chi connectivity index (χ1v) is 8.38. The fourth-order valence-corrected chi connectivity index (χ4v) is 4.56. The quantitative estimate of drug-likeness (QED) is 0.476. The molecule has 3 aromatic rings. The van der Waals surface area contributed by atoms with Crippen molar-refractivity contribution in [3.8, 4) is 0 Å². The van der Waals surface area contributed by atoms with Crippen LogP contribution in [0.5, 0.6) is 0 Å². The number of nitrogens with zero attached hydrogens (tertiary/aromatic N) is 2. The van der Waals surface area contributed by atoms with Crippen LogP contribution in [0.25, 0.3) is 5.52 Å². The van der Waals surface area contributed by atoms with E-state index in [0.717, 1.165) is 17.7 Å². The number of aromatic nitrogens is 2. The Bertz CT molecular complexity index is 1030. The Morgan fingerprint density at radius 3 is 2.58 bits per heavy atom. The first-order chi connectivity index (χ1) is 14.3. The van der Waals surface area contributed by atoms with Crippen LogP contribution in [0.4, 0.5) is 0 Å². The summed E-state index contributed by atoms with van der Waals surface area (Å²) in [5.74, 6) is 1.22. The molecular formula is C22H35N2+. The second-order valence-corrected chi connectivity index (χ2v) is 7.37. The van der Waals surface area contributed by atoms with Gasteiger partial charge in [0.15, 0.2) is 11.2 Å². The number of pyridine rings is 1. The van der Waals surface area contributed by atoms with Crippen LogP contribution in [0.1, 0.15) is 71.0 Å². The van der Waals surface area contributed by atoms with E-state index in [2.05, 4.69) is 74.8 Å². The van der Waals surface area contributed by atoms with Gasteiger partial charge in [-0.3, -0.25) is 0 Å². The van der Waals surface area contributed by atoms with Crippen molar-refractivity contribution in [1.82, 2.24) is 4.40 Å². The molecule has 2 nitrogen and oxygen atoms in total. The molecule has 1 aromatic carbocycles. The summed E-state index contributed by atoms with van der Waals surface area (Å²) < 4.78 is 43.3. The van der Waals surface area contributed by atoms with Crippen LogP contribution in [-0.4, -0.2) is 4.40 Å². The molecule has 0 unspecified atom stereocenters. The summed E-state index contributed by atoms with van der Waals surface area (Å²) in [5.41, 5.74) is 8.76. The Morgan fingerprint density at radius 1 is 1.21 bits per heavy atom. The summed E-state index contributed by atoms with van der Waals surface area (Å²) in [6.45, 7) is 13.1. The summed E-state index contributed by atoms with van der Waals surface area (Å²) in [4.78, 5) is 0. The van der Waals surface area contributed by atoms with Gasteiger partial charge in [-0.05, 0) is 51.8 Å². The van der Waals surface area contributed by atoms with Gasteiger partial charge < -0.3 is 0 Å². The van der Waals surface area contributed by atoms with Crippen molar-refractivity contribution >= 4 is 5.52 Å². The number of benzene rings is 1. The molecule has 0 aliphatic carbocycles. The van der Waals surface area contributed by atoms with E-state index < -0.39 is 0 Å². The topological polar surface area (TPSA) is 8.29 Å². The predicted molar refractivity (Wildman–Crippen MR) is 107 cm³/mol. The van der Waals surface area contributed by atoms with Crippen molar-refractivity contribution in [2.24, 2.45) is 0 Å². The largest absolute Gasteiger partial charge is 0.259 e. The van der Waals surface area contributed by atoms with Crippen LogP contribution in [0.15, 0.2) is 30.3 Å². The van der Waals surface area contributed by atoms with Crippen LogP contribution >= 0.6 is 0 Å². The number of rotatable bonds is 0. The molecule has 0 amide bonds. The minimum atomic E-state index is -0.0880. The number of imidazole rings is 1. The molecule has 0 saturated heterocycles. The SMILES string of the molecule is C.[3H][3H].[3H][3H].[3H][3H].[3H]c1c(C)c(C)c2c3[n+](c(C)n2c1C)C(C)(C)c1ccccc1C3. The number of aryl methyl sites for hydroxylation is 3. The molecule has 4 rings (SSSR count). The molecule has 0 fully saturated rings. The van der Waals surface area contributed by atoms with Crippen LogP contribution < -0.4 is 4.57 Å². The smallest absolute Gasteiger partial charge is 0.221 e. The maximum absolute atomic E-state index is 8.47. The average Bonchev–Trinajstić information content (AvgIpc) is 3.08. The summed E-state index contributed by atoms with van der Waals surface area (Å²) >= 11 is 0. The lowest BCUT2D eigenvalue weighted by atomic mass is 9.84. The Hall–Kier alpha value is -2.09. The molecule has 0 atom stereocenters. The van der Waals surface area contributed by atoms with E-state index in [9.17, 15) is 0 Å². The van der Waals surface area contributed by atoms with Gasteiger partial charge in [-0.2, -0.15) is 4.40 Å². The molecule has 3 heterocycles. The Morgan fingerprint density at radius 2 is 1.88 bits per heavy atom. The van der Waals surface area contributed by atoms with Crippen LogP contribution in [-0.2, 0) is 12.0 Å². The second kappa shape index (κ2) is 5.20. The summed E-state index contributed by atoms with van der Waals surface area (Å²) in [6.07, 6.45) is 0.952. The van der Waals surface area contributed by atoms with E-state index in [1.54, 1.807) is 0 Å². The van der Waals surface area contributed by atoms with Crippen molar-refractivity contribution in [3.05, 3.63) is 69.8 Å². The normalized spacial score (nSPS) is 16.5. The first kappa shape index (κ1) is 12.3. The molecule has 1 aliphatic rings. The van der Waals surface area contributed by atoms with Gasteiger partial charge in [0.25, 0.3) is 5.82 Å². The van der Waals surface area contributed by atoms with Gasteiger partial charge in [0, 0.05) is 33.4 Å². The molecular weight excluding hydrogens is 292 g/mol. The van der Waals surface area contributed by atoms with Crippen molar-refractivity contribution in [2.75, 3.05) is 0 Å².